The summed E-state index contributed by atoms with van der Waals surface area (Å²) >= 11 is 0. The number of benzene rings is 1. The van der Waals surface area contributed by atoms with E-state index in [2.05, 4.69) is 6.92 Å². The van der Waals surface area contributed by atoms with E-state index in [1.165, 1.54) is 6.42 Å². The molecule has 1 atom stereocenters. The number of hydrogen-bond donors (Lipinski definition) is 0. The minimum Gasteiger partial charge on any atom is -0.494 e. The molecule has 0 saturated carbocycles. The molecule has 150 valence electrons. The van der Waals surface area contributed by atoms with Gasteiger partial charge in [-0.1, -0.05) is 19.8 Å². The van der Waals surface area contributed by atoms with Crippen molar-refractivity contribution in [1.29, 1.82) is 0 Å². The number of ketones is 1. The van der Waals surface area contributed by atoms with Crippen molar-refractivity contribution in [3.63, 3.8) is 0 Å². The summed E-state index contributed by atoms with van der Waals surface area (Å²) in [6, 6.07) is 7.24. The topological polar surface area (TPSA) is 55.8 Å². The molecule has 0 aromatic heterocycles. The zero-order valence-electron chi connectivity index (χ0n) is 16.7. The zero-order valence-corrected chi connectivity index (χ0v) is 16.7. The number of Topliss-reactive ketones (excluding diaryl/α,β-unsaturated/α-hetero) is 1. The van der Waals surface area contributed by atoms with E-state index in [1.807, 2.05) is 24.0 Å². The minimum absolute atomic E-state index is 0.00105. The lowest BCUT2D eigenvalue weighted by Crippen LogP contribution is -2.35. The van der Waals surface area contributed by atoms with Gasteiger partial charge in [0, 0.05) is 44.0 Å². The first kappa shape index (κ1) is 21.4. The second-order valence-corrected chi connectivity index (χ2v) is 7.17. The van der Waals surface area contributed by atoms with Gasteiger partial charge in [0.1, 0.15) is 5.75 Å². The molecule has 1 heterocycles. The molecule has 0 spiro atoms. The summed E-state index contributed by atoms with van der Waals surface area (Å²) in [6.07, 6.45) is 4.88. The van der Waals surface area contributed by atoms with Crippen molar-refractivity contribution in [3.05, 3.63) is 29.8 Å². The SMILES string of the molecule is CCCCCOc1ccc(C(=O)CCC(=O)N(CC)CC2CCOC2)cc1. The lowest BCUT2D eigenvalue weighted by atomic mass is 10.1. The van der Waals surface area contributed by atoms with Crippen LogP contribution in [-0.4, -0.2) is 49.5 Å². The third-order valence-corrected chi connectivity index (χ3v) is 5.00. The van der Waals surface area contributed by atoms with Gasteiger partial charge in [0.2, 0.25) is 5.91 Å². The second kappa shape index (κ2) is 11.8. The maximum Gasteiger partial charge on any atom is 0.223 e. The predicted molar refractivity (Wildman–Crippen MR) is 106 cm³/mol. The molecule has 1 aliphatic heterocycles. The Hall–Kier alpha value is -1.88. The van der Waals surface area contributed by atoms with Gasteiger partial charge in [-0.2, -0.15) is 0 Å². The number of nitrogens with zero attached hydrogens (tertiary/aromatic N) is 1. The summed E-state index contributed by atoms with van der Waals surface area (Å²) in [5.41, 5.74) is 0.635. The molecule has 5 nitrogen and oxygen atoms in total. The molecule has 0 aliphatic carbocycles. The third kappa shape index (κ3) is 7.33. The Kier molecular flexibility index (Phi) is 9.32. The van der Waals surface area contributed by atoms with Crippen LogP contribution in [0.5, 0.6) is 5.75 Å². The molecular weight excluding hydrogens is 342 g/mol. The van der Waals surface area contributed by atoms with Gasteiger partial charge in [0.25, 0.3) is 0 Å². The molecule has 0 radical (unpaired) electrons. The van der Waals surface area contributed by atoms with Crippen molar-refractivity contribution < 1.29 is 19.1 Å². The summed E-state index contributed by atoms with van der Waals surface area (Å²) in [4.78, 5) is 26.7. The molecule has 1 aromatic carbocycles. The van der Waals surface area contributed by atoms with Gasteiger partial charge >= 0.3 is 0 Å². The van der Waals surface area contributed by atoms with Crippen LogP contribution in [0.4, 0.5) is 0 Å². The van der Waals surface area contributed by atoms with Gasteiger partial charge in [-0.15, -0.1) is 0 Å². The fourth-order valence-electron chi connectivity index (χ4n) is 3.25. The molecule has 27 heavy (non-hydrogen) atoms. The average Bonchev–Trinajstić information content (AvgIpc) is 3.21. The summed E-state index contributed by atoms with van der Waals surface area (Å²) in [7, 11) is 0. The molecule has 2 rings (SSSR count). The number of rotatable bonds is 12. The van der Waals surface area contributed by atoms with E-state index < -0.39 is 0 Å². The highest BCUT2D eigenvalue weighted by Gasteiger charge is 2.22. The Morgan fingerprint density at radius 1 is 1.15 bits per heavy atom. The predicted octanol–water partition coefficient (Wildman–Crippen LogP) is 4.10. The highest BCUT2D eigenvalue weighted by molar-refractivity contribution is 5.98. The standard InChI is InChI=1S/C22H33NO4/c1-3-5-6-14-27-20-9-7-19(8-10-20)21(24)11-12-22(25)23(4-2)16-18-13-15-26-17-18/h7-10,18H,3-6,11-17H2,1-2H3. The summed E-state index contributed by atoms with van der Waals surface area (Å²) in [6.45, 7) is 7.77. The molecule has 0 bridgehead atoms. The van der Waals surface area contributed by atoms with Crippen LogP contribution in [0, 0.1) is 5.92 Å². The maximum atomic E-state index is 12.4. The number of amides is 1. The number of carbonyl (C=O) groups is 2. The molecule has 1 unspecified atom stereocenters. The van der Waals surface area contributed by atoms with Crippen LogP contribution in [0.15, 0.2) is 24.3 Å². The fourth-order valence-corrected chi connectivity index (χ4v) is 3.25. The lowest BCUT2D eigenvalue weighted by Gasteiger charge is -2.23. The van der Waals surface area contributed by atoms with Crippen LogP contribution < -0.4 is 4.74 Å². The summed E-state index contributed by atoms with van der Waals surface area (Å²) in [5, 5.41) is 0. The van der Waals surface area contributed by atoms with E-state index in [9.17, 15) is 9.59 Å². The van der Waals surface area contributed by atoms with Crippen molar-refractivity contribution in [2.24, 2.45) is 5.92 Å². The fraction of sp³-hybridized carbons (Fsp3) is 0.636. The van der Waals surface area contributed by atoms with Crippen LogP contribution in [0.3, 0.4) is 0 Å². The van der Waals surface area contributed by atoms with Gasteiger partial charge in [-0.25, -0.2) is 0 Å². The van der Waals surface area contributed by atoms with E-state index in [0.717, 1.165) is 44.8 Å². The Morgan fingerprint density at radius 2 is 1.93 bits per heavy atom. The van der Waals surface area contributed by atoms with Gasteiger partial charge < -0.3 is 14.4 Å². The van der Waals surface area contributed by atoms with Crippen molar-refractivity contribution in [3.8, 4) is 5.75 Å². The van der Waals surface area contributed by atoms with Gasteiger partial charge in [-0.05, 0) is 44.0 Å². The van der Waals surface area contributed by atoms with E-state index in [0.29, 0.717) is 24.6 Å². The normalized spacial score (nSPS) is 16.3. The summed E-state index contributed by atoms with van der Waals surface area (Å²) < 4.78 is 11.1. The van der Waals surface area contributed by atoms with Crippen molar-refractivity contribution in [2.75, 3.05) is 32.9 Å². The Labute approximate surface area is 163 Å². The molecule has 0 N–H and O–H groups in total. The minimum atomic E-state index is 0.00105. The lowest BCUT2D eigenvalue weighted by molar-refractivity contribution is -0.131. The Bertz CT molecular complexity index is 578. The van der Waals surface area contributed by atoms with Gasteiger partial charge in [0.15, 0.2) is 5.78 Å². The Morgan fingerprint density at radius 3 is 2.56 bits per heavy atom. The molecular formula is C22H33NO4. The molecule has 1 aliphatic rings. The highest BCUT2D eigenvalue weighted by atomic mass is 16.5. The van der Waals surface area contributed by atoms with E-state index in [1.54, 1.807) is 12.1 Å². The largest absolute Gasteiger partial charge is 0.494 e. The number of ether oxygens (including phenoxy) is 2. The molecule has 1 amide bonds. The maximum absolute atomic E-state index is 12.4. The van der Waals surface area contributed by atoms with Gasteiger partial charge in [-0.3, -0.25) is 9.59 Å². The number of hydrogen-bond acceptors (Lipinski definition) is 4. The van der Waals surface area contributed by atoms with E-state index in [-0.39, 0.29) is 24.5 Å². The van der Waals surface area contributed by atoms with Crippen molar-refractivity contribution in [2.45, 2.75) is 52.4 Å². The third-order valence-electron chi connectivity index (χ3n) is 5.00. The van der Waals surface area contributed by atoms with Crippen molar-refractivity contribution >= 4 is 11.7 Å². The number of unbranched alkanes of at least 4 members (excludes halogenated alkanes) is 2. The van der Waals surface area contributed by atoms with Gasteiger partial charge in [0.05, 0.1) is 13.2 Å². The van der Waals surface area contributed by atoms with Crippen LogP contribution >= 0.6 is 0 Å². The number of carbonyl (C=O) groups excluding carboxylic acids is 2. The van der Waals surface area contributed by atoms with Crippen LogP contribution in [0.2, 0.25) is 0 Å². The highest BCUT2D eigenvalue weighted by Crippen LogP contribution is 2.17. The molecule has 5 heteroatoms. The van der Waals surface area contributed by atoms with E-state index >= 15 is 0 Å². The van der Waals surface area contributed by atoms with Crippen molar-refractivity contribution in [1.82, 2.24) is 4.90 Å². The van der Waals surface area contributed by atoms with E-state index in [4.69, 9.17) is 9.47 Å². The van der Waals surface area contributed by atoms with Crippen LogP contribution in [0.1, 0.15) is 62.7 Å². The molecule has 1 aromatic rings. The quantitative estimate of drug-likeness (QED) is 0.408. The summed E-state index contributed by atoms with van der Waals surface area (Å²) in [5.74, 6) is 1.26. The smallest absolute Gasteiger partial charge is 0.223 e. The second-order valence-electron chi connectivity index (χ2n) is 7.17. The monoisotopic (exact) mass is 375 g/mol. The van der Waals surface area contributed by atoms with Crippen LogP contribution in [-0.2, 0) is 9.53 Å². The zero-order chi connectivity index (χ0) is 19.5. The first-order chi connectivity index (χ1) is 13.1. The molecule has 1 saturated heterocycles. The molecule has 1 fully saturated rings. The first-order valence-electron chi connectivity index (χ1n) is 10.3. The Balaban J connectivity index is 1.75. The average molecular weight is 376 g/mol. The van der Waals surface area contributed by atoms with Crippen LogP contribution in [0.25, 0.3) is 0 Å². The first-order valence-corrected chi connectivity index (χ1v) is 10.3.